The van der Waals surface area contributed by atoms with E-state index in [0.29, 0.717) is 65.3 Å². The first-order valence-corrected chi connectivity index (χ1v) is 18.7. The van der Waals surface area contributed by atoms with Crippen LogP contribution in [0.3, 0.4) is 0 Å². The van der Waals surface area contributed by atoms with E-state index in [4.69, 9.17) is 9.47 Å². The van der Waals surface area contributed by atoms with Crippen molar-refractivity contribution in [2.24, 2.45) is 0 Å². The third kappa shape index (κ3) is 8.79. The normalized spacial score (nSPS) is 14.2. The maximum absolute atomic E-state index is 13.5. The van der Waals surface area contributed by atoms with E-state index in [9.17, 15) is 28.1 Å². The smallest absolute Gasteiger partial charge is 0.420 e. The highest BCUT2D eigenvalue weighted by Gasteiger charge is 2.49. The molecule has 0 saturated carbocycles. The number of hydrogen-bond donors (Lipinski definition) is 2. The second kappa shape index (κ2) is 16.1. The number of anilines is 1. The fraction of sp³-hybridized carbons (Fsp3) is 0.417. The number of hydrogen-bond acceptors (Lipinski definition) is 11. The van der Waals surface area contributed by atoms with Crippen LogP contribution in [0.25, 0.3) is 22.3 Å². The van der Waals surface area contributed by atoms with Crippen molar-refractivity contribution in [3.05, 3.63) is 73.0 Å². The van der Waals surface area contributed by atoms with Crippen molar-refractivity contribution in [3.63, 3.8) is 0 Å². The number of amides is 2. The minimum atomic E-state index is -3.40. The van der Waals surface area contributed by atoms with E-state index in [1.807, 2.05) is 0 Å². The number of sulfonamides is 1. The van der Waals surface area contributed by atoms with Gasteiger partial charge in [0.2, 0.25) is 21.8 Å². The van der Waals surface area contributed by atoms with Crippen LogP contribution in [-0.2, 0) is 40.2 Å². The van der Waals surface area contributed by atoms with Crippen molar-refractivity contribution in [2.45, 2.75) is 58.1 Å². The summed E-state index contributed by atoms with van der Waals surface area (Å²) in [4.78, 5) is 46.2. The van der Waals surface area contributed by atoms with Crippen molar-refractivity contribution < 1.29 is 32.3 Å². The Morgan fingerprint density at radius 1 is 1.11 bits per heavy atom. The summed E-state index contributed by atoms with van der Waals surface area (Å²) < 4.78 is 40.4. The Hall–Kier alpha value is -5.44. The van der Waals surface area contributed by atoms with Gasteiger partial charge in [0, 0.05) is 67.3 Å². The predicted molar refractivity (Wildman–Crippen MR) is 196 cm³/mol. The van der Waals surface area contributed by atoms with Gasteiger partial charge < -0.3 is 20.1 Å². The molecule has 280 valence electrons. The molecule has 1 saturated heterocycles. The van der Waals surface area contributed by atoms with Crippen molar-refractivity contribution in [3.8, 4) is 17.3 Å². The predicted octanol–water partition coefficient (Wildman–Crippen LogP) is 3.92. The molecule has 4 aromatic rings. The van der Waals surface area contributed by atoms with Crippen LogP contribution in [0.2, 0.25) is 0 Å². The number of fused-ring (bicyclic) bond motifs is 1. The fourth-order valence-corrected chi connectivity index (χ4v) is 7.08. The zero-order valence-electron chi connectivity index (χ0n) is 30.2. The average Bonchev–Trinajstić information content (AvgIpc) is 3.77. The lowest BCUT2D eigenvalue weighted by atomic mass is 9.89. The molecule has 16 nitrogen and oxygen atoms in total. The van der Waals surface area contributed by atoms with Gasteiger partial charge >= 0.3 is 6.09 Å². The molecule has 0 unspecified atom stereocenters. The molecule has 1 aromatic carbocycles. The quantitative estimate of drug-likeness (QED) is 0.124. The molecule has 53 heavy (non-hydrogen) atoms. The van der Waals surface area contributed by atoms with Crippen molar-refractivity contribution in [1.29, 1.82) is 5.26 Å². The molecule has 2 amide bonds. The Morgan fingerprint density at radius 3 is 2.53 bits per heavy atom. The van der Waals surface area contributed by atoms with Gasteiger partial charge in [0.05, 0.1) is 36.7 Å². The molecule has 5 rings (SSSR count). The summed E-state index contributed by atoms with van der Waals surface area (Å²) in [5.74, 6) is -0.417. The number of rotatable bonds is 16. The Kier molecular flexibility index (Phi) is 11.8. The zero-order chi connectivity index (χ0) is 38.4. The van der Waals surface area contributed by atoms with E-state index in [1.54, 1.807) is 81.3 Å². The summed E-state index contributed by atoms with van der Waals surface area (Å²) in [6.07, 6.45) is 6.39. The van der Waals surface area contributed by atoms with E-state index < -0.39 is 27.3 Å². The maximum Gasteiger partial charge on any atom is 0.420 e. The number of aromatic nitrogens is 5. The fourth-order valence-electron chi connectivity index (χ4n) is 5.84. The monoisotopic (exact) mass is 745 g/mol. The van der Waals surface area contributed by atoms with Gasteiger partial charge in [-0.05, 0) is 57.9 Å². The van der Waals surface area contributed by atoms with Gasteiger partial charge in [0.25, 0.3) is 0 Å². The SMILES string of the molecule is C=C(C)C(=O)NCCOCCCC(=O)Nc1ccc(C(C)(C)OC(=O)n2ccc3c(-c4cnn(C5(CC#N)CN(S(=O)(=O)CC)C5)c4)ncnc32)cc1. The lowest BCUT2D eigenvalue weighted by Gasteiger charge is -2.47. The minimum Gasteiger partial charge on any atom is -0.438 e. The molecule has 0 atom stereocenters. The van der Waals surface area contributed by atoms with Crippen molar-refractivity contribution in [1.82, 2.24) is 33.9 Å². The van der Waals surface area contributed by atoms with Crippen LogP contribution in [-0.4, -0.2) is 93.5 Å². The summed E-state index contributed by atoms with van der Waals surface area (Å²) in [5.41, 5.74) is 1.30. The number of nitrogens with zero attached hydrogens (tertiary/aromatic N) is 7. The van der Waals surface area contributed by atoms with Gasteiger partial charge in [0.15, 0.2) is 5.65 Å². The van der Waals surface area contributed by atoms with Gasteiger partial charge in [-0.1, -0.05) is 18.7 Å². The molecule has 3 aromatic heterocycles. The van der Waals surface area contributed by atoms with Gasteiger partial charge in [-0.2, -0.15) is 14.7 Å². The molecule has 0 spiro atoms. The van der Waals surface area contributed by atoms with Crippen LogP contribution in [0.5, 0.6) is 0 Å². The average molecular weight is 746 g/mol. The molecule has 0 aliphatic carbocycles. The van der Waals surface area contributed by atoms with Crippen LogP contribution in [0.15, 0.2) is 67.4 Å². The largest absolute Gasteiger partial charge is 0.438 e. The summed E-state index contributed by atoms with van der Waals surface area (Å²) in [5, 5.41) is 20.1. The van der Waals surface area contributed by atoms with E-state index in [0.717, 1.165) is 0 Å². The highest BCUT2D eigenvalue weighted by atomic mass is 32.2. The Bertz CT molecular complexity index is 2140. The number of benzene rings is 1. The number of ether oxygens (including phenoxy) is 2. The highest BCUT2D eigenvalue weighted by molar-refractivity contribution is 7.89. The summed E-state index contributed by atoms with van der Waals surface area (Å²) in [6.45, 7) is 11.7. The molecule has 0 bridgehead atoms. The molecule has 1 fully saturated rings. The minimum absolute atomic E-state index is 0.0255. The lowest BCUT2D eigenvalue weighted by molar-refractivity contribution is -0.117. The van der Waals surface area contributed by atoms with E-state index in [1.165, 1.54) is 15.2 Å². The number of carbonyl (C=O) groups is 3. The highest BCUT2D eigenvalue weighted by Crippen LogP contribution is 2.36. The molecule has 4 heterocycles. The van der Waals surface area contributed by atoms with E-state index in [-0.39, 0.29) is 43.5 Å². The second-order valence-electron chi connectivity index (χ2n) is 13.3. The van der Waals surface area contributed by atoms with Gasteiger partial charge in [-0.15, -0.1) is 0 Å². The second-order valence-corrected chi connectivity index (χ2v) is 15.6. The Labute approximate surface area is 307 Å². The van der Waals surface area contributed by atoms with E-state index >= 15 is 0 Å². The molecule has 1 aliphatic heterocycles. The standard InChI is InChI=1S/C36H43N9O7S/c1-6-53(49,50)43-22-36(23-43,14-15-37)45-21-26(20-41-45)31-29-13-17-44(32(29)40-24-39-31)34(48)52-35(4,5)27-9-11-28(12-10-27)42-30(46)8-7-18-51-19-16-38-33(47)25(2)3/h9-13,17,20-21,24H,2,6-8,14,16,18-19,22-23H2,1,3-5H3,(H,38,47)(H,42,46). The van der Waals surface area contributed by atoms with Gasteiger partial charge in [-0.3, -0.25) is 14.3 Å². The van der Waals surface area contributed by atoms with Crippen LogP contribution in [0, 0.1) is 11.3 Å². The van der Waals surface area contributed by atoms with Crippen molar-refractivity contribution >= 4 is 44.7 Å². The van der Waals surface area contributed by atoms with Gasteiger partial charge in [0.1, 0.15) is 17.5 Å². The third-order valence-electron chi connectivity index (χ3n) is 8.95. The number of nitriles is 1. The zero-order valence-corrected chi connectivity index (χ0v) is 31.0. The maximum atomic E-state index is 13.5. The Morgan fingerprint density at radius 2 is 1.85 bits per heavy atom. The third-order valence-corrected chi connectivity index (χ3v) is 10.7. The Balaban J connectivity index is 1.18. The summed E-state index contributed by atoms with van der Waals surface area (Å²) in [6, 6.07) is 10.9. The van der Waals surface area contributed by atoms with Crippen LogP contribution < -0.4 is 10.6 Å². The summed E-state index contributed by atoms with van der Waals surface area (Å²) in [7, 11) is -3.40. The molecule has 0 radical (unpaired) electrons. The summed E-state index contributed by atoms with van der Waals surface area (Å²) >= 11 is 0. The van der Waals surface area contributed by atoms with Crippen molar-refractivity contribution in [2.75, 3.05) is 43.9 Å². The van der Waals surface area contributed by atoms with Gasteiger partial charge in [-0.25, -0.2) is 27.7 Å². The number of carbonyl (C=O) groups excluding carboxylic acids is 3. The first-order valence-electron chi connectivity index (χ1n) is 17.1. The molecule has 1 aliphatic rings. The number of nitrogens with one attached hydrogen (secondary N) is 2. The molecular weight excluding hydrogens is 703 g/mol. The van der Waals surface area contributed by atoms with Crippen LogP contribution in [0.4, 0.5) is 10.5 Å². The molecule has 17 heteroatoms. The lowest BCUT2D eigenvalue weighted by Crippen LogP contribution is -2.64. The topological polar surface area (TPSA) is 203 Å². The first-order chi connectivity index (χ1) is 25.2. The molecule has 2 N–H and O–H groups in total. The molecular formula is C36H43N9O7S. The van der Waals surface area contributed by atoms with Crippen LogP contribution in [0.1, 0.15) is 52.5 Å². The van der Waals surface area contributed by atoms with Crippen LogP contribution >= 0.6 is 0 Å². The van der Waals surface area contributed by atoms with E-state index in [2.05, 4.69) is 38.3 Å². The first kappa shape index (κ1) is 38.8.